The van der Waals surface area contributed by atoms with Gasteiger partial charge in [-0.25, -0.2) is 9.69 Å². The first kappa shape index (κ1) is 18.4. The summed E-state index contributed by atoms with van der Waals surface area (Å²) in [5.74, 6) is -0.580. The Kier molecular flexibility index (Phi) is 6.26. The number of amides is 3. The first-order valence-corrected chi connectivity index (χ1v) is 9.48. The van der Waals surface area contributed by atoms with Gasteiger partial charge >= 0.3 is 6.09 Å². The number of carbonyl (C=O) groups is 3. The third-order valence-corrected chi connectivity index (χ3v) is 5.12. The molecule has 0 unspecified atom stereocenters. The van der Waals surface area contributed by atoms with Crippen molar-refractivity contribution < 1.29 is 19.1 Å². The van der Waals surface area contributed by atoms with Crippen molar-refractivity contribution >= 4 is 17.9 Å². The van der Waals surface area contributed by atoms with Gasteiger partial charge < -0.3 is 10.1 Å². The second kappa shape index (κ2) is 8.83. The Bertz CT molecular complexity index is 638. The van der Waals surface area contributed by atoms with Crippen molar-refractivity contribution in [3.8, 4) is 0 Å². The Morgan fingerprint density at radius 3 is 2.42 bits per heavy atom. The average molecular weight is 358 g/mol. The van der Waals surface area contributed by atoms with E-state index in [4.69, 9.17) is 4.74 Å². The van der Waals surface area contributed by atoms with Crippen molar-refractivity contribution in [1.29, 1.82) is 0 Å². The first-order valence-electron chi connectivity index (χ1n) is 9.48. The Balaban J connectivity index is 1.58. The molecule has 1 N–H and O–H groups in total. The maximum atomic E-state index is 12.6. The van der Waals surface area contributed by atoms with E-state index in [-0.39, 0.29) is 30.9 Å². The molecule has 0 spiro atoms. The molecule has 0 aromatic heterocycles. The molecule has 1 aliphatic heterocycles. The number of imide groups is 1. The Hall–Kier alpha value is -2.37. The molecule has 0 bridgehead atoms. The lowest BCUT2D eigenvalue weighted by atomic mass is 10.1. The van der Waals surface area contributed by atoms with Gasteiger partial charge in [0.15, 0.2) is 0 Å². The lowest BCUT2D eigenvalue weighted by Crippen LogP contribution is -2.50. The molecule has 1 aliphatic carbocycles. The average Bonchev–Trinajstić information content (AvgIpc) is 2.86. The fourth-order valence-corrected chi connectivity index (χ4v) is 3.67. The van der Waals surface area contributed by atoms with Gasteiger partial charge in [0.1, 0.15) is 12.6 Å². The molecule has 1 aromatic rings. The Morgan fingerprint density at radius 2 is 1.73 bits per heavy atom. The summed E-state index contributed by atoms with van der Waals surface area (Å²) in [7, 11) is 0. The summed E-state index contributed by atoms with van der Waals surface area (Å²) in [5.41, 5.74) is 0.840. The van der Waals surface area contributed by atoms with Gasteiger partial charge in [-0.05, 0) is 24.8 Å². The van der Waals surface area contributed by atoms with Gasteiger partial charge in [0, 0.05) is 12.5 Å². The number of ether oxygens (including phenoxy) is 1. The van der Waals surface area contributed by atoms with Crippen molar-refractivity contribution in [3.05, 3.63) is 35.9 Å². The quantitative estimate of drug-likeness (QED) is 0.839. The highest BCUT2D eigenvalue weighted by Crippen LogP contribution is 2.22. The zero-order valence-corrected chi connectivity index (χ0v) is 15.0. The molecular weight excluding hydrogens is 332 g/mol. The number of likely N-dealkylation sites (tertiary alicyclic amines) is 1. The summed E-state index contributed by atoms with van der Waals surface area (Å²) in [6.07, 6.45) is 6.36. The normalized spacial score (nSPS) is 21.3. The number of nitrogens with one attached hydrogen (secondary N) is 1. The minimum absolute atomic E-state index is 0.0837. The van der Waals surface area contributed by atoms with Crippen molar-refractivity contribution in [3.63, 3.8) is 0 Å². The zero-order chi connectivity index (χ0) is 18.4. The summed E-state index contributed by atoms with van der Waals surface area (Å²) in [6.45, 7) is 0.0837. The molecule has 3 rings (SSSR count). The number of rotatable bonds is 4. The minimum atomic E-state index is -0.756. The lowest BCUT2D eigenvalue weighted by Gasteiger charge is -2.24. The Labute approximate surface area is 153 Å². The van der Waals surface area contributed by atoms with Crippen LogP contribution in [0.4, 0.5) is 4.79 Å². The topological polar surface area (TPSA) is 75.7 Å². The van der Waals surface area contributed by atoms with E-state index in [2.05, 4.69) is 5.32 Å². The highest BCUT2D eigenvalue weighted by atomic mass is 16.6. The maximum absolute atomic E-state index is 12.6. The molecule has 1 aromatic carbocycles. The van der Waals surface area contributed by atoms with Crippen LogP contribution in [0.5, 0.6) is 0 Å². The van der Waals surface area contributed by atoms with Crippen LogP contribution in [0.1, 0.15) is 56.9 Å². The Morgan fingerprint density at radius 1 is 1.04 bits per heavy atom. The first-order chi connectivity index (χ1) is 12.6. The highest BCUT2D eigenvalue weighted by Gasteiger charge is 2.41. The van der Waals surface area contributed by atoms with E-state index in [9.17, 15) is 14.4 Å². The summed E-state index contributed by atoms with van der Waals surface area (Å²) in [4.78, 5) is 38.2. The predicted octanol–water partition coefficient (Wildman–Crippen LogP) is 3.15. The molecule has 1 saturated carbocycles. The molecular formula is C20H26N2O4. The number of carbonyl (C=O) groups excluding carboxylic acids is 3. The SMILES string of the molecule is O=C(NC1CCCCCC1)[C@@H]1CCC(=O)N1C(=O)OCc1ccccc1. The zero-order valence-electron chi connectivity index (χ0n) is 15.0. The van der Waals surface area contributed by atoms with Crippen molar-refractivity contribution in [2.24, 2.45) is 0 Å². The van der Waals surface area contributed by atoms with E-state index in [1.54, 1.807) is 0 Å². The molecule has 1 saturated heterocycles. The molecule has 2 aliphatic rings. The van der Waals surface area contributed by atoms with Crippen LogP contribution in [-0.2, 0) is 20.9 Å². The summed E-state index contributed by atoms with van der Waals surface area (Å²) in [5, 5.41) is 3.04. The van der Waals surface area contributed by atoms with Gasteiger partial charge in [-0.15, -0.1) is 0 Å². The molecule has 2 fully saturated rings. The van der Waals surface area contributed by atoms with E-state index in [0.29, 0.717) is 6.42 Å². The van der Waals surface area contributed by atoms with Crippen LogP contribution in [0, 0.1) is 0 Å². The van der Waals surface area contributed by atoms with E-state index in [1.807, 2.05) is 30.3 Å². The van der Waals surface area contributed by atoms with Gasteiger partial charge in [-0.2, -0.15) is 0 Å². The largest absolute Gasteiger partial charge is 0.444 e. The van der Waals surface area contributed by atoms with Crippen LogP contribution < -0.4 is 5.32 Å². The van der Waals surface area contributed by atoms with E-state index in [1.165, 1.54) is 12.8 Å². The molecule has 1 atom stereocenters. The van der Waals surface area contributed by atoms with Crippen LogP contribution >= 0.6 is 0 Å². The molecule has 26 heavy (non-hydrogen) atoms. The van der Waals surface area contributed by atoms with E-state index >= 15 is 0 Å². The number of hydrogen-bond acceptors (Lipinski definition) is 4. The standard InChI is InChI=1S/C20H26N2O4/c23-18-13-12-17(19(24)21-16-10-6-1-2-7-11-16)22(18)20(25)26-14-15-8-4-3-5-9-15/h3-5,8-9,16-17H,1-2,6-7,10-14H2,(H,21,24)/t17-/m0/s1. The molecule has 0 radical (unpaired) electrons. The predicted molar refractivity (Wildman–Crippen MR) is 96.1 cm³/mol. The van der Waals surface area contributed by atoms with Gasteiger partial charge in [-0.3, -0.25) is 9.59 Å². The number of nitrogens with zero attached hydrogens (tertiary/aromatic N) is 1. The van der Waals surface area contributed by atoms with Crippen LogP contribution in [0.15, 0.2) is 30.3 Å². The van der Waals surface area contributed by atoms with Crippen LogP contribution in [0.25, 0.3) is 0 Å². The second-order valence-corrected chi connectivity index (χ2v) is 7.06. The molecule has 6 nitrogen and oxygen atoms in total. The molecule has 3 amide bonds. The van der Waals surface area contributed by atoms with Gasteiger partial charge in [0.05, 0.1) is 0 Å². The van der Waals surface area contributed by atoms with Crippen LogP contribution in [-0.4, -0.2) is 34.9 Å². The highest BCUT2D eigenvalue weighted by molar-refractivity contribution is 6.00. The maximum Gasteiger partial charge on any atom is 0.417 e. The summed E-state index contributed by atoms with van der Waals surface area (Å²) in [6, 6.07) is 8.66. The summed E-state index contributed by atoms with van der Waals surface area (Å²) < 4.78 is 5.26. The molecule has 1 heterocycles. The van der Waals surface area contributed by atoms with Crippen LogP contribution in [0.2, 0.25) is 0 Å². The smallest absolute Gasteiger partial charge is 0.417 e. The van der Waals surface area contributed by atoms with Gasteiger partial charge in [-0.1, -0.05) is 56.0 Å². The van der Waals surface area contributed by atoms with Gasteiger partial charge in [0.2, 0.25) is 11.8 Å². The third kappa shape index (κ3) is 4.62. The monoisotopic (exact) mass is 358 g/mol. The van der Waals surface area contributed by atoms with Crippen molar-refractivity contribution in [2.45, 2.75) is 70.1 Å². The van der Waals surface area contributed by atoms with Crippen molar-refractivity contribution in [2.75, 3.05) is 0 Å². The molecule has 6 heteroatoms. The van der Waals surface area contributed by atoms with E-state index < -0.39 is 12.1 Å². The molecule has 140 valence electrons. The summed E-state index contributed by atoms with van der Waals surface area (Å²) >= 11 is 0. The third-order valence-electron chi connectivity index (χ3n) is 5.12. The fraction of sp³-hybridized carbons (Fsp3) is 0.550. The van der Waals surface area contributed by atoms with Crippen LogP contribution in [0.3, 0.4) is 0 Å². The van der Waals surface area contributed by atoms with Crippen molar-refractivity contribution in [1.82, 2.24) is 10.2 Å². The number of hydrogen-bond donors (Lipinski definition) is 1. The fourth-order valence-electron chi connectivity index (χ4n) is 3.67. The van der Waals surface area contributed by atoms with Gasteiger partial charge in [0.25, 0.3) is 0 Å². The van der Waals surface area contributed by atoms with E-state index in [0.717, 1.165) is 36.1 Å². The minimum Gasteiger partial charge on any atom is -0.444 e. The number of benzene rings is 1. The lowest BCUT2D eigenvalue weighted by molar-refractivity contribution is -0.134. The second-order valence-electron chi connectivity index (χ2n) is 7.06.